The van der Waals surface area contributed by atoms with E-state index in [1.165, 1.54) is 6.07 Å². The Morgan fingerprint density at radius 2 is 2.00 bits per heavy atom. The lowest BCUT2D eigenvalue weighted by atomic mass is 9.92. The van der Waals surface area contributed by atoms with Crippen LogP contribution in [0.2, 0.25) is 0 Å². The molecule has 3 N–H and O–H groups in total. The predicted octanol–water partition coefficient (Wildman–Crippen LogP) is 0.580. The van der Waals surface area contributed by atoms with Gasteiger partial charge in [-0.2, -0.15) is 0 Å². The van der Waals surface area contributed by atoms with E-state index < -0.39 is 23.0 Å². The van der Waals surface area contributed by atoms with Gasteiger partial charge in [0.25, 0.3) is 0 Å². The van der Waals surface area contributed by atoms with E-state index >= 15 is 0 Å². The van der Waals surface area contributed by atoms with Gasteiger partial charge in [-0.05, 0) is 17.7 Å². The Hall–Kier alpha value is -2.71. The van der Waals surface area contributed by atoms with Crippen LogP contribution in [-0.2, 0) is 16.1 Å². The third-order valence-electron chi connectivity index (χ3n) is 4.31. The van der Waals surface area contributed by atoms with Crippen molar-refractivity contribution >= 4 is 5.91 Å². The third kappa shape index (κ3) is 4.27. The molecule has 0 radical (unpaired) electrons. The van der Waals surface area contributed by atoms with E-state index in [1.54, 1.807) is 24.5 Å². The number of aromatic hydroxyl groups is 1. The Kier molecular flexibility index (Phi) is 5.65. The van der Waals surface area contributed by atoms with Crippen molar-refractivity contribution < 1.29 is 19.1 Å². The highest BCUT2D eigenvalue weighted by Gasteiger charge is 2.26. The average molecular weight is 359 g/mol. The Morgan fingerprint density at radius 3 is 2.65 bits per heavy atom. The molecule has 0 aromatic carbocycles. The second-order valence-electron chi connectivity index (χ2n) is 6.18. The molecule has 2 aromatic rings. The molecular weight excluding hydrogens is 338 g/mol. The molecule has 0 bridgehead atoms. The fourth-order valence-corrected chi connectivity index (χ4v) is 3.01. The molecule has 1 saturated heterocycles. The molecule has 1 atom stereocenters. The van der Waals surface area contributed by atoms with Crippen molar-refractivity contribution in [3.8, 4) is 5.75 Å². The van der Waals surface area contributed by atoms with Gasteiger partial charge in [0, 0.05) is 38.0 Å². The zero-order valence-electron chi connectivity index (χ0n) is 14.3. The van der Waals surface area contributed by atoms with Crippen molar-refractivity contribution in [2.24, 2.45) is 5.73 Å². The topological polar surface area (TPSA) is 119 Å². The maximum atomic E-state index is 12.2. The minimum Gasteiger partial charge on any atom is -0.502 e. The fraction of sp³-hybridized carbons (Fsp3) is 0.389. The van der Waals surface area contributed by atoms with Gasteiger partial charge in [-0.1, -0.05) is 0 Å². The molecule has 8 nitrogen and oxygen atoms in total. The molecule has 26 heavy (non-hydrogen) atoms. The van der Waals surface area contributed by atoms with E-state index in [2.05, 4.69) is 9.88 Å². The van der Waals surface area contributed by atoms with Gasteiger partial charge < -0.3 is 20.0 Å². The van der Waals surface area contributed by atoms with E-state index in [-0.39, 0.29) is 12.2 Å². The average Bonchev–Trinajstić information content (AvgIpc) is 2.64. The van der Waals surface area contributed by atoms with Crippen LogP contribution in [0.3, 0.4) is 0 Å². The maximum absolute atomic E-state index is 12.2. The van der Waals surface area contributed by atoms with Gasteiger partial charge in [0.1, 0.15) is 5.76 Å². The number of hydrogen-bond donors (Lipinski definition) is 2. The number of nitrogens with two attached hydrogens (primary N) is 1. The normalized spacial score (nSPS) is 16.3. The first-order chi connectivity index (χ1) is 12.5. The van der Waals surface area contributed by atoms with Crippen LogP contribution in [0.15, 0.2) is 39.8 Å². The molecule has 138 valence electrons. The van der Waals surface area contributed by atoms with Crippen LogP contribution in [0, 0.1) is 0 Å². The van der Waals surface area contributed by atoms with Crippen molar-refractivity contribution in [3.63, 3.8) is 0 Å². The summed E-state index contributed by atoms with van der Waals surface area (Å²) >= 11 is 0. The van der Waals surface area contributed by atoms with Crippen LogP contribution in [0.1, 0.15) is 29.4 Å². The molecule has 1 aliphatic heterocycles. The van der Waals surface area contributed by atoms with E-state index in [0.717, 1.165) is 13.1 Å². The second-order valence-corrected chi connectivity index (χ2v) is 6.18. The van der Waals surface area contributed by atoms with Gasteiger partial charge in [-0.15, -0.1) is 0 Å². The van der Waals surface area contributed by atoms with Gasteiger partial charge >= 0.3 is 0 Å². The van der Waals surface area contributed by atoms with Crippen LogP contribution in [0.4, 0.5) is 0 Å². The number of pyridine rings is 1. The van der Waals surface area contributed by atoms with Gasteiger partial charge in [0.2, 0.25) is 17.1 Å². The lowest BCUT2D eigenvalue weighted by molar-refractivity contribution is -0.118. The summed E-state index contributed by atoms with van der Waals surface area (Å²) in [5, 5.41) is 10.3. The fourth-order valence-electron chi connectivity index (χ4n) is 3.01. The molecule has 1 aliphatic rings. The van der Waals surface area contributed by atoms with Gasteiger partial charge in [-0.25, -0.2) is 0 Å². The SMILES string of the molecule is NC(=O)C[C@H](c1ccncc1)c1oc(CN2CCOCC2)cc(=O)c1O. The number of amides is 1. The highest BCUT2D eigenvalue weighted by molar-refractivity contribution is 5.75. The first-order valence-corrected chi connectivity index (χ1v) is 8.39. The summed E-state index contributed by atoms with van der Waals surface area (Å²) in [6, 6.07) is 4.67. The van der Waals surface area contributed by atoms with Crippen molar-refractivity contribution in [1.29, 1.82) is 0 Å². The number of carbonyl (C=O) groups is 1. The molecule has 0 unspecified atom stereocenters. The summed E-state index contributed by atoms with van der Waals surface area (Å²) in [6.07, 6.45) is 3.04. The van der Waals surface area contributed by atoms with Crippen molar-refractivity contribution in [2.75, 3.05) is 26.3 Å². The van der Waals surface area contributed by atoms with Gasteiger partial charge in [-0.3, -0.25) is 19.5 Å². The monoisotopic (exact) mass is 359 g/mol. The Bertz CT molecular complexity index is 815. The predicted molar refractivity (Wildman–Crippen MR) is 92.6 cm³/mol. The molecule has 0 aliphatic carbocycles. The smallest absolute Gasteiger partial charge is 0.227 e. The van der Waals surface area contributed by atoms with E-state index in [1.807, 2.05) is 0 Å². The summed E-state index contributed by atoms with van der Waals surface area (Å²) in [5.41, 5.74) is 5.50. The number of carbonyl (C=O) groups excluding carboxylic acids is 1. The van der Waals surface area contributed by atoms with Crippen molar-refractivity contribution in [2.45, 2.75) is 18.9 Å². The lowest BCUT2D eigenvalue weighted by Gasteiger charge is -2.26. The standard InChI is InChI=1S/C18H21N3O5/c19-16(23)10-14(12-1-3-20-4-2-12)18-17(24)15(22)9-13(26-18)11-21-5-7-25-8-6-21/h1-4,9,14,24H,5-8,10-11H2,(H2,19,23)/t14-/m1/s1. The number of aromatic nitrogens is 1. The maximum Gasteiger partial charge on any atom is 0.227 e. The highest BCUT2D eigenvalue weighted by atomic mass is 16.5. The molecule has 0 spiro atoms. The molecule has 8 heteroatoms. The van der Waals surface area contributed by atoms with Gasteiger partial charge in [0.15, 0.2) is 5.76 Å². The summed E-state index contributed by atoms with van der Waals surface area (Å²) in [7, 11) is 0. The molecule has 1 fully saturated rings. The highest BCUT2D eigenvalue weighted by Crippen LogP contribution is 2.32. The van der Waals surface area contributed by atoms with Gasteiger partial charge in [0.05, 0.1) is 25.7 Å². The van der Waals surface area contributed by atoms with E-state index in [0.29, 0.717) is 31.1 Å². The number of morpholine rings is 1. The Labute approximate surface area is 150 Å². The van der Waals surface area contributed by atoms with Crippen LogP contribution >= 0.6 is 0 Å². The Balaban J connectivity index is 1.97. The minimum atomic E-state index is -0.659. The molecule has 3 heterocycles. The largest absolute Gasteiger partial charge is 0.502 e. The number of ether oxygens (including phenoxy) is 1. The quantitative estimate of drug-likeness (QED) is 0.774. The first-order valence-electron chi connectivity index (χ1n) is 8.39. The number of hydrogen-bond acceptors (Lipinski definition) is 7. The van der Waals surface area contributed by atoms with E-state index in [9.17, 15) is 14.7 Å². The zero-order chi connectivity index (χ0) is 18.5. The number of primary amides is 1. The number of rotatable bonds is 6. The van der Waals surface area contributed by atoms with Crippen molar-refractivity contribution in [1.82, 2.24) is 9.88 Å². The van der Waals surface area contributed by atoms with Crippen LogP contribution in [0.25, 0.3) is 0 Å². The number of nitrogens with zero attached hydrogens (tertiary/aromatic N) is 2. The summed E-state index contributed by atoms with van der Waals surface area (Å²) in [6.45, 7) is 3.13. The summed E-state index contributed by atoms with van der Waals surface area (Å²) in [5.74, 6) is -1.25. The molecule has 2 aromatic heterocycles. The zero-order valence-corrected chi connectivity index (χ0v) is 14.3. The van der Waals surface area contributed by atoms with Crippen LogP contribution in [-0.4, -0.2) is 47.2 Å². The molecular formula is C18H21N3O5. The molecule has 1 amide bonds. The Morgan fingerprint density at radius 1 is 1.31 bits per heavy atom. The summed E-state index contributed by atoms with van der Waals surface area (Å²) in [4.78, 5) is 29.8. The first kappa shape index (κ1) is 18.1. The second kappa shape index (κ2) is 8.11. The van der Waals surface area contributed by atoms with Crippen LogP contribution in [0.5, 0.6) is 5.75 Å². The summed E-state index contributed by atoms with van der Waals surface area (Å²) < 4.78 is 11.2. The van der Waals surface area contributed by atoms with E-state index in [4.69, 9.17) is 14.9 Å². The molecule has 3 rings (SSSR count). The third-order valence-corrected chi connectivity index (χ3v) is 4.31. The lowest BCUT2D eigenvalue weighted by Crippen LogP contribution is -2.35. The van der Waals surface area contributed by atoms with Crippen molar-refractivity contribution in [3.05, 3.63) is 57.9 Å². The minimum absolute atomic E-state index is 0.0470. The van der Waals surface area contributed by atoms with Crippen LogP contribution < -0.4 is 11.2 Å². The molecule has 0 saturated carbocycles.